The van der Waals surface area contributed by atoms with E-state index in [1.54, 1.807) is 0 Å². The molecule has 23 heavy (non-hydrogen) atoms. The standard InChI is InChI=1S/C20H26N2O/c1-3-23-20-9-7-19(8-10-20)22-13-17(12-18(21)14-22)16-6-4-5-15(2)11-16/h4-11,17-18H,3,12-14,21H2,1-2H3. The second-order valence-corrected chi connectivity index (χ2v) is 6.44. The smallest absolute Gasteiger partial charge is 0.119 e. The molecule has 2 aromatic rings. The molecule has 0 aliphatic carbocycles. The van der Waals surface area contributed by atoms with E-state index in [2.05, 4.69) is 48.2 Å². The van der Waals surface area contributed by atoms with Gasteiger partial charge in [-0.3, -0.25) is 0 Å². The Kier molecular flexibility index (Phi) is 4.87. The van der Waals surface area contributed by atoms with Gasteiger partial charge in [-0.25, -0.2) is 0 Å². The van der Waals surface area contributed by atoms with Crippen LogP contribution in [0.5, 0.6) is 5.75 Å². The Bertz CT molecular complexity index is 638. The Balaban J connectivity index is 1.77. The van der Waals surface area contributed by atoms with E-state index in [-0.39, 0.29) is 6.04 Å². The first-order valence-corrected chi connectivity index (χ1v) is 8.45. The number of nitrogens with two attached hydrogens (primary N) is 1. The molecule has 2 atom stereocenters. The molecule has 0 aromatic heterocycles. The van der Waals surface area contributed by atoms with Crippen molar-refractivity contribution < 1.29 is 4.74 Å². The molecule has 2 N–H and O–H groups in total. The normalized spacial score (nSPS) is 21.3. The van der Waals surface area contributed by atoms with Crippen molar-refractivity contribution in [3.05, 3.63) is 59.7 Å². The summed E-state index contributed by atoms with van der Waals surface area (Å²) in [7, 11) is 0. The molecule has 2 aromatic carbocycles. The third-order valence-electron chi connectivity index (χ3n) is 4.51. The maximum absolute atomic E-state index is 6.34. The molecule has 1 fully saturated rings. The predicted octanol–water partition coefficient (Wildman–Crippen LogP) is 3.71. The van der Waals surface area contributed by atoms with E-state index in [0.717, 1.165) is 25.3 Å². The van der Waals surface area contributed by atoms with Crippen molar-refractivity contribution in [2.45, 2.75) is 32.2 Å². The molecule has 1 saturated heterocycles. The summed E-state index contributed by atoms with van der Waals surface area (Å²) >= 11 is 0. The SMILES string of the molecule is CCOc1ccc(N2CC(N)CC(c3cccc(C)c3)C2)cc1. The lowest BCUT2D eigenvalue weighted by Gasteiger charge is -2.38. The molecule has 0 amide bonds. The van der Waals surface area contributed by atoms with Gasteiger partial charge in [-0.2, -0.15) is 0 Å². The van der Waals surface area contributed by atoms with E-state index in [0.29, 0.717) is 12.5 Å². The minimum Gasteiger partial charge on any atom is -0.494 e. The van der Waals surface area contributed by atoms with E-state index < -0.39 is 0 Å². The van der Waals surface area contributed by atoms with Gasteiger partial charge in [0.25, 0.3) is 0 Å². The van der Waals surface area contributed by atoms with Gasteiger partial charge >= 0.3 is 0 Å². The first-order valence-electron chi connectivity index (χ1n) is 8.45. The van der Waals surface area contributed by atoms with Gasteiger partial charge in [-0.1, -0.05) is 29.8 Å². The summed E-state index contributed by atoms with van der Waals surface area (Å²) in [4.78, 5) is 2.40. The number of ether oxygens (including phenoxy) is 1. The summed E-state index contributed by atoms with van der Waals surface area (Å²) in [6.45, 7) is 6.78. The molecule has 2 unspecified atom stereocenters. The fourth-order valence-corrected chi connectivity index (χ4v) is 3.43. The summed E-state index contributed by atoms with van der Waals surface area (Å²) in [5, 5.41) is 0. The zero-order valence-electron chi connectivity index (χ0n) is 14.0. The van der Waals surface area contributed by atoms with Crippen LogP contribution in [0.4, 0.5) is 5.69 Å². The highest BCUT2D eigenvalue weighted by atomic mass is 16.5. The summed E-state index contributed by atoms with van der Waals surface area (Å²) < 4.78 is 5.53. The fourth-order valence-electron chi connectivity index (χ4n) is 3.43. The quantitative estimate of drug-likeness (QED) is 0.935. The van der Waals surface area contributed by atoms with E-state index in [1.165, 1.54) is 16.8 Å². The van der Waals surface area contributed by atoms with Crippen LogP contribution in [0.1, 0.15) is 30.4 Å². The van der Waals surface area contributed by atoms with Crippen LogP contribution in [0, 0.1) is 6.92 Å². The average molecular weight is 310 g/mol. The first kappa shape index (κ1) is 15.9. The van der Waals surface area contributed by atoms with Gasteiger partial charge in [-0.05, 0) is 50.1 Å². The van der Waals surface area contributed by atoms with Crippen LogP contribution in [0.25, 0.3) is 0 Å². The molecule has 3 rings (SSSR count). The fraction of sp³-hybridized carbons (Fsp3) is 0.400. The monoisotopic (exact) mass is 310 g/mol. The van der Waals surface area contributed by atoms with Crippen molar-refractivity contribution in [2.24, 2.45) is 5.73 Å². The van der Waals surface area contributed by atoms with Gasteiger partial charge in [0.1, 0.15) is 5.75 Å². The second-order valence-electron chi connectivity index (χ2n) is 6.44. The second kappa shape index (κ2) is 7.05. The lowest BCUT2D eigenvalue weighted by Crippen LogP contribution is -2.46. The number of piperidine rings is 1. The molecule has 1 aliphatic heterocycles. The predicted molar refractivity (Wildman–Crippen MR) is 96.3 cm³/mol. The van der Waals surface area contributed by atoms with E-state index in [9.17, 15) is 0 Å². The minimum atomic E-state index is 0.209. The largest absolute Gasteiger partial charge is 0.494 e. The number of nitrogens with zero attached hydrogens (tertiary/aromatic N) is 1. The highest BCUT2D eigenvalue weighted by Gasteiger charge is 2.26. The maximum atomic E-state index is 6.34. The Morgan fingerprint density at radius 3 is 2.61 bits per heavy atom. The number of rotatable bonds is 4. The summed E-state index contributed by atoms with van der Waals surface area (Å²) in [6, 6.07) is 17.4. The number of hydrogen-bond acceptors (Lipinski definition) is 3. The van der Waals surface area contributed by atoms with Gasteiger partial charge in [0.2, 0.25) is 0 Å². The zero-order valence-corrected chi connectivity index (χ0v) is 14.0. The van der Waals surface area contributed by atoms with Crippen molar-refractivity contribution in [1.29, 1.82) is 0 Å². The molecule has 3 heteroatoms. The summed E-state index contributed by atoms with van der Waals surface area (Å²) in [5.41, 5.74) is 10.3. The highest BCUT2D eigenvalue weighted by molar-refractivity contribution is 5.50. The van der Waals surface area contributed by atoms with Crippen LogP contribution in [-0.2, 0) is 0 Å². The van der Waals surface area contributed by atoms with E-state index in [1.807, 2.05) is 19.1 Å². The van der Waals surface area contributed by atoms with Crippen molar-refractivity contribution in [2.75, 3.05) is 24.6 Å². The molecule has 1 aliphatic rings. The van der Waals surface area contributed by atoms with Crippen molar-refractivity contribution in [3.63, 3.8) is 0 Å². The van der Waals surface area contributed by atoms with Crippen LogP contribution >= 0.6 is 0 Å². The average Bonchev–Trinajstić information content (AvgIpc) is 2.55. The Hall–Kier alpha value is -2.00. The topological polar surface area (TPSA) is 38.5 Å². The third kappa shape index (κ3) is 3.85. The maximum Gasteiger partial charge on any atom is 0.119 e. The van der Waals surface area contributed by atoms with E-state index >= 15 is 0 Å². The summed E-state index contributed by atoms with van der Waals surface area (Å²) in [6.07, 6.45) is 1.05. The molecule has 1 heterocycles. The molecular formula is C20H26N2O. The minimum absolute atomic E-state index is 0.209. The molecule has 0 spiro atoms. The lowest BCUT2D eigenvalue weighted by molar-refractivity contribution is 0.340. The number of hydrogen-bond donors (Lipinski definition) is 1. The molecule has 0 saturated carbocycles. The third-order valence-corrected chi connectivity index (χ3v) is 4.51. The number of benzene rings is 2. The van der Waals surface area contributed by atoms with Crippen LogP contribution in [0.3, 0.4) is 0 Å². The van der Waals surface area contributed by atoms with Gasteiger partial charge in [0.05, 0.1) is 6.61 Å². The molecule has 3 nitrogen and oxygen atoms in total. The molecule has 0 radical (unpaired) electrons. The molecule has 0 bridgehead atoms. The Morgan fingerprint density at radius 2 is 1.91 bits per heavy atom. The zero-order chi connectivity index (χ0) is 16.2. The van der Waals surface area contributed by atoms with E-state index in [4.69, 9.17) is 10.5 Å². The van der Waals surface area contributed by atoms with Gasteiger partial charge in [0, 0.05) is 30.7 Å². The molecular weight excluding hydrogens is 284 g/mol. The Labute approximate surface area is 139 Å². The Morgan fingerprint density at radius 1 is 1.13 bits per heavy atom. The lowest BCUT2D eigenvalue weighted by atomic mass is 9.87. The van der Waals surface area contributed by atoms with Gasteiger partial charge < -0.3 is 15.4 Å². The van der Waals surface area contributed by atoms with Crippen LogP contribution in [0.2, 0.25) is 0 Å². The van der Waals surface area contributed by atoms with Crippen LogP contribution < -0.4 is 15.4 Å². The van der Waals surface area contributed by atoms with Crippen molar-refractivity contribution in [1.82, 2.24) is 0 Å². The van der Waals surface area contributed by atoms with Crippen LogP contribution in [-0.4, -0.2) is 25.7 Å². The van der Waals surface area contributed by atoms with Crippen molar-refractivity contribution in [3.8, 4) is 5.75 Å². The highest BCUT2D eigenvalue weighted by Crippen LogP contribution is 2.30. The summed E-state index contributed by atoms with van der Waals surface area (Å²) in [5.74, 6) is 1.41. The first-order chi connectivity index (χ1) is 11.2. The van der Waals surface area contributed by atoms with Crippen molar-refractivity contribution >= 4 is 5.69 Å². The number of aryl methyl sites for hydroxylation is 1. The molecule has 122 valence electrons. The van der Waals surface area contributed by atoms with Gasteiger partial charge in [0.15, 0.2) is 0 Å². The van der Waals surface area contributed by atoms with Gasteiger partial charge in [-0.15, -0.1) is 0 Å². The number of anilines is 1. The van der Waals surface area contributed by atoms with Crippen LogP contribution in [0.15, 0.2) is 48.5 Å².